The second kappa shape index (κ2) is 4.60. The maximum atomic E-state index is 13.9. The highest BCUT2D eigenvalue weighted by molar-refractivity contribution is 5.61. The van der Waals surface area contributed by atoms with E-state index in [-0.39, 0.29) is 11.9 Å². The topological polar surface area (TPSA) is 69.6 Å². The van der Waals surface area contributed by atoms with Crippen LogP contribution in [0.15, 0.2) is 18.2 Å². The third kappa shape index (κ3) is 2.07. The zero-order valence-electron chi connectivity index (χ0n) is 10.8. The Kier molecular flexibility index (Phi) is 2.93. The van der Waals surface area contributed by atoms with E-state index in [1.165, 1.54) is 12.1 Å². The molecule has 1 aliphatic carbocycles. The molecule has 2 N–H and O–H groups in total. The molecule has 19 heavy (non-hydrogen) atoms. The monoisotopic (exact) mass is 261 g/mol. The number of nitrogens with zero attached hydrogens (tertiary/aromatic N) is 4. The molecule has 3 rings (SSSR count). The average Bonchev–Trinajstić information content (AvgIpc) is 3.00. The lowest BCUT2D eigenvalue weighted by atomic mass is 10.1. The summed E-state index contributed by atoms with van der Waals surface area (Å²) in [4.78, 5) is 0. The molecule has 100 valence electrons. The zero-order valence-corrected chi connectivity index (χ0v) is 10.8. The van der Waals surface area contributed by atoms with Gasteiger partial charge in [0.1, 0.15) is 5.82 Å². The van der Waals surface area contributed by atoms with E-state index in [9.17, 15) is 4.39 Å². The molecule has 1 aliphatic rings. The number of hydrogen-bond acceptors (Lipinski definition) is 4. The molecule has 2 atom stereocenters. The van der Waals surface area contributed by atoms with Gasteiger partial charge < -0.3 is 5.73 Å². The highest BCUT2D eigenvalue weighted by atomic mass is 19.1. The number of rotatable bonds is 2. The lowest BCUT2D eigenvalue weighted by Gasteiger charge is -2.17. The minimum absolute atomic E-state index is 0.242. The lowest BCUT2D eigenvalue weighted by molar-refractivity contribution is 0.370. The van der Waals surface area contributed by atoms with E-state index in [1.807, 2.05) is 0 Å². The van der Waals surface area contributed by atoms with Crippen molar-refractivity contribution in [1.82, 2.24) is 20.2 Å². The van der Waals surface area contributed by atoms with Gasteiger partial charge in [-0.3, -0.25) is 0 Å². The lowest BCUT2D eigenvalue weighted by Crippen LogP contribution is -2.15. The first kappa shape index (κ1) is 12.1. The van der Waals surface area contributed by atoms with Crippen LogP contribution in [0.2, 0.25) is 0 Å². The second-order valence-electron chi connectivity index (χ2n) is 5.16. The van der Waals surface area contributed by atoms with Gasteiger partial charge in [-0.25, -0.2) is 9.07 Å². The van der Waals surface area contributed by atoms with Crippen LogP contribution in [0.3, 0.4) is 0 Å². The van der Waals surface area contributed by atoms with Crippen molar-refractivity contribution in [2.75, 3.05) is 5.73 Å². The standard InChI is InChI=1S/C13H16FN5/c1-8-3-2-4-12(8)19-13(16-17-18-19)10-7-9(15)5-6-11(10)14/h5-8,12H,2-4,15H2,1H3. The quantitative estimate of drug-likeness (QED) is 0.843. The van der Waals surface area contributed by atoms with Gasteiger partial charge in [0.15, 0.2) is 5.82 Å². The SMILES string of the molecule is CC1CCCC1n1nnnc1-c1cc(N)ccc1F. The minimum Gasteiger partial charge on any atom is -0.399 e. The van der Waals surface area contributed by atoms with Gasteiger partial charge in [-0.1, -0.05) is 13.3 Å². The van der Waals surface area contributed by atoms with E-state index in [1.54, 1.807) is 10.7 Å². The third-order valence-corrected chi connectivity index (χ3v) is 3.85. The summed E-state index contributed by atoms with van der Waals surface area (Å²) < 4.78 is 15.7. The maximum absolute atomic E-state index is 13.9. The van der Waals surface area contributed by atoms with Crippen molar-refractivity contribution in [2.24, 2.45) is 5.92 Å². The normalized spacial score (nSPS) is 22.8. The van der Waals surface area contributed by atoms with Crippen LogP contribution < -0.4 is 5.73 Å². The van der Waals surface area contributed by atoms with Crippen molar-refractivity contribution < 1.29 is 4.39 Å². The van der Waals surface area contributed by atoms with Crippen LogP contribution in [0.1, 0.15) is 32.2 Å². The molecule has 0 amide bonds. The van der Waals surface area contributed by atoms with Crippen LogP contribution in [-0.4, -0.2) is 20.2 Å². The fourth-order valence-electron chi connectivity index (χ4n) is 2.80. The molecule has 6 heteroatoms. The third-order valence-electron chi connectivity index (χ3n) is 3.85. The minimum atomic E-state index is -0.351. The molecular formula is C13H16FN5. The Bertz CT molecular complexity index is 594. The van der Waals surface area contributed by atoms with E-state index >= 15 is 0 Å². The Hall–Kier alpha value is -1.98. The van der Waals surface area contributed by atoms with Gasteiger partial charge in [-0.05, 0) is 47.4 Å². The fourth-order valence-corrected chi connectivity index (χ4v) is 2.80. The summed E-state index contributed by atoms with van der Waals surface area (Å²) in [6.07, 6.45) is 3.34. The van der Waals surface area contributed by atoms with E-state index in [2.05, 4.69) is 22.4 Å². The van der Waals surface area contributed by atoms with Gasteiger partial charge in [0.05, 0.1) is 11.6 Å². The van der Waals surface area contributed by atoms with Gasteiger partial charge in [0.2, 0.25) is 0 Å². The van der Waals surface area contributed by atoms with Crippen LogP contribution in [0.5, 0.6) is 0 Å². The van der Waals surface area contributed by atoms with Crippen molar-refractivity contribution in [3.05, 3.63) is 24.0 Å². The predicted molar refractivity (Wildman–Crippen MR) is 69.7 cm³/mol. The summed E-state index contributed by atoms with van der Waals surface area (Å²) >= 11 is 0. The molecular weight excluding hydrogens is 245 g/mol. The van der Waals surface area contributed by atoms with Crippen LogP contribution in [0, 0.1) is 11.7 Å². The van der Waals surface area contributed by atoms with Gasteiger partial charge >= 0.3 is 0 Å². The molecule has 2 unspecified atom stereocenters. The van der Waals surface area contributed by atoms with Crippen molar-refractivity contribution in [2.45, 2.75) is 32.2 Å². The first-order chi connectivity index (χ1) is 9.16. The van der Waals surface area contributed by atoms with E-state index in [0.717, 1.165) is 19.3 Å². The van der Waals surface area contributed by atoms with Gasteiger partial charge in [-0.15, -0.1) is 5.10 Å². The first-order valence-electron chi connectivity index (χ1n) is 6.50. The molecule has 2 aromatic rings. The van der Waals surface area contributed by atoms with Crippen LogP contribution in [0.25, 0.3) is 11.4 Å². The van der Waals surface area contributed by atoms with E-state index < -0.39 is 0 Å². The van der Waals surface area contributed by atoms with Gasteiger partial charge in [0.25, 0.3) is 0 Å². The Morgan fingerprint density at radius 2 is 2.21 bits per heavy atom. The Morgan fingerprint density at radius 3 is 2.95 bits per heavy atom. The molecule has 0 bridgehead atoms. The van der Waals surface area contributed by atoms with E-state index in [0.29, 0.717) is 23.0 Å². The fraction of sp³-hybridized carbons (Fsp3) is 0.462. The molecule has 1 saturated carbocycles. The Labute approximate surface area is 110 Å². The number of nitrogen functional groups attached to an aromatic ring is 1. The number of anilines is 1. The molecule has 5 nitrogen and oxygen atoms in total. The summed E-state index contributed by atoms with van der Waals surface area (Å²) in [5.41, 5.74) is 6.59. The summed E-state index contributed by atoms with van der Waals surface area (Å²) in [6, 6.07) is 4.70. The second-order valence-corrected chi connectivity index (χ2v) is 5.16. The highest BCUT2D eigenvalue weighted by Crippen LogP contribution is 2.37. The summed E-state index contributed by atoms with van der Waals surface area (Å²) in [5, 5.41) is 11.7. The smallest absolute Gasteiger partial charge is 0.185 e. The van der Waals surface area contributed by atoms with Crippen LogP contribution >= 0.6 is 0 Å². The summed E-state index contributed by atoms with van der Waals surface area (Å²) in [7, 11) is 0. The summed E-state index contributed by atoms with van der Waals surface area (Å²) in [5.74, 6) is 0.617. The first-order valence-corrected chi connectivity index (χ1v) is 6.50. The Balaban J connectivity index is 2.06. The molecule has 0 radical (unpaired) electrons. The Morgan fingerprint density at radius 1 is 1.37 bits per heavy atom. The number of nitrogens with two attached hydrogens (primary N) is 1. The molecule has 1 heterocycles. The molecule has 1 aromatic heterocycles. The molecule has 1 aromatic carbocycles. The zero-order chi connectivity index (χ0) is 13.4. The van der Waals surface area contributed by atoms with Crippen LogP contribution in [-0.2, 0) is 0 Å². The van der Waals surface area contributed by atoms with Gasteiger partial charge in [0, 0.05) is 5.69 Å². The summed E-state index contributed by atoms with van der Waals surface area (Å²) in [6.45, 7) is 2.18. The van der Waals surface area contributed by atoms with E-state index in [4.69, 9.17) is 5.73 Å². The van der Waals surface area contributed by atoms with Crippen molar-refractivity contribution in [3.8, 4) is 11.4 Å². The predicted octanol–water partition coefficient (Wildman–Crippen LogP) is 2.42. The number of halogens is 1. The largest absolute Gasteiger partial charge is 0.399 e. The average molecular weight is 261 g/mol. The molecule has 0 spiro atoms. The maximum Gasteiger partial charge on any atom is 0.185 e. The van der Waals surface area contributed by atoms with Crippen molar-refractivity contribution in [1.29, 1.82) is 0 Å². The number of tetrazole rings is 1. The molecule has 0 aliphatic heterocycles. The molecule has 1 fully saturated rings. The number of aromatic nitrogens is 4. The number of hydrogen-bond donors (Lipinski definition) is 1. The number of benzene rings is 1. The van der Waals surface area contributed by atoms with Crippen LogP contribution in [0.4, 0.5) is 10.1 Å². The van der Waals surface area contributed by atoms with Gasteiger partial charge in [-0.2, -0.15) is 0 Å². The highest BCUT2D eigenvalue weighted by Gasteiger charge is 2.29. The van der Waals surface area contributed by atoms with Crippen molar-refractivity contribution in [3.63, 3.8) is 0 Å². The molecule has 0 saturated heterocycles. The van der Waals surface area contributed by atoms with Crippen molar-refractivity contribution >= 4 is 5.69 Å².